The number of nitrogens with one attached hydrogen (secondary N) is 1. The molecule has 4 rings (SSSR count). The van der Waals surface area contributed by atoms with E-state index in [9.17, 15) is 10.4 Å². The van der Waals surface area contributed by atoms with Crippen molar-refractivity contribution in [2.75, 3.05) is 5.43 Å². The molecule has 0 saturated heterocycles. The maximum absolute atomic E-state index is 9.93. The molecule has 0 aliphatic heterocycles. The first kappa shape index (κ1) is 17.6. The van der Waals surface area contributed by atoms with E-state index in [1.807, 2.05) is 48.6 Å². The van der Waals surface area contributed by atoms with Crippen LogP contribution < -0.4 is 5.43 Å². The fourth-order valence-corrected chi connectivity index (χ4v) is 3.49. The van der Waals surface area contributed by atoms with Crippen molar-refractivity contribution in [3.8, 4) is 11.8 Å². The van der Waals surface area contributed by atoms with Crippen molar-refractivity contribution in [2.45, 2.75) is 20.3 Å². The van der Waals surface area contributed by atoms with Crippen molar-refractivity contribution in [1.29, 1.82) is 5.26 Å². The SMILES string of the molecule is CCc1c(C)c(C#N)c2nc3ccccc3n2c1NN=Cc1ccccc1O. The summed E-state index contributed by atoms with van der Waals surface area (Å²) in [5.41, 5.74) is 8.55. The maximum atomic E-state index is 9.93. The number of aromatic nitrogens is 2. The Balaban J connectivity index is 1.94. The molecular formula is C22H19N5O. The van der Waals surface area contributed by atoms with E-state index in [-0.39, 0.29) is 5.75 Å². The third kappa shape index (κ3) is 2.74. The average molecular weight is 369 g/mol. The average Bonchev–Trinajstić information content (AvgIpc) is 3.08. The lowest BCUT2D eigenvalue weighted by atomic mass is 10.0. The summed E-state index contributed by atoms with van der Waals surface area (Å²) in [4.78, 5) is 4.67. The summed E-state index contributed by atoms with van der Waals surface area (Å²) < 4.78 is 1.95. The van der Waals surface area contributed by atoms with Gasteiger partial charge in [0.2, 0.25) is 0 Å². The van der Waals surface area contributed by atoms with Crippen LogP contribution in [-0.2, 0) is 6.42 Å². The van der Waals surface area contributed by atoms with Gasteiger partial charge < -0.3 is 5.11 Å². The van der Waals surface area contributed by atoms with Gasteiger partial charge in [-0.25, -0.2) is 4.98 Å². The molecule has 0 aliphatic carbocycles. The summed E-state index contributed by atoms with van der Waals surface area (Å²) >= 11 is 0. The van der Waals surface area contributed by atoms with Gasteiger partial charge in [-0.2, -0.15) is 10.4 Å². The predicted octanol–water partition coefficient (Wildman–Crippen LogP) is 4.38. The van der Waals surface area contributed by atoms with Gasteiger partial charge in [0.15, 0.2) is 5.65 Å². The predicted molar refractivity (Wildman–Crippen MR) is 111 cm³/mol. The molecule has 4 aromatic rings. The van der Waals surface area contributed by atoms with Gasteiger partial charge in [0, 0.05) is 5.56 Å². The Labute approximate surface area is 162 Å². The van der Waals surface area contributed by atoms with Crippen molar-refractivity contribution in [1.82, 2.24) is 9.38 Å². The van der Waals surface area contributed by atoms with Crippen LogP contribution in [0, 0.1) is 18.3 Å². The van der Waals surface area contributed by atoms with Crippen molar-refractivity contribution >= 4 is 28.7 Å². The molecule has 2 heterocycles. The standard InChI is InChI=1S/C22H19N5O/c1-3-16-14(2)17(12-23)21-25-18-9-5-6-10-19(18)27(21)22(16)26-24-13-15-8-4-7-11-20(15)28/h4-11,13,26,28H,3H2,1-2H3. The maximum Gasteiger partial charge on any atom is 0.157 e. The van der Waals surface area contributed by atoms with Crippen LogP contribution in [0.25, 0.3) is 16.7 Å². The van der Waals surface area contributed by atoms with Gasteiger partial charge in [0.25, 0.3) is 0 Å². The first-order valence-corrected chi connectivity index (χ1v) is 9.05. The van der Waals surface area contributed by atoms with Crippen LogP contribution in [0.5, 0.6) is 5.75 Å². The third-order valence-electron chi connectivity index (χ3n) is 4.90. The molecule has 2 aromatic carbocycles. The lowest BCUT2D eigenvalue weighted by molar-refractivity contribution is 0.474. The van der Waals surface area contributed by atoms with Crippen LogP contribution in [-0.4, -0.2) is 20.7 Å². The number of pyridine rings is 1. The zero-order valence-corrected chi connectivity index (χ0v) is 15.6. The Morgan fingerprint density at radius 1 is 1.21 bits per heavy atom. The van der Waals surface area contributed by atoms with E-state index < -0.39 is 0 Å². The largest absolute Gasteiger partial charge is 0.507 e. The zero-order chi connectivity index (χ0) is 19.7. The number of nitrogens with zero attached hydrogens (tertiary/aromatic N) is 4. The van der Waals surface area contributed by atoms with Crippen LogP contribution in [0.2, 0.25) is 0 Å². The van der Waals surface area contributed by atoms with Crippen molar-refractivity contribution in [3.63, 3.8) is 0 Å². The summed E-state index contributed by atoms with van der Waals surface area (Å²) in [6.45, 7) is 3.99. The minimum atomic E-state index is 0.165. The summed E-state index contributed by atoms with van der Waals surface area (Å²) in [5.74, 6) is 0.937. The highest BCUT2D eigenvalue weighted by Gasteiger charge is 2.19. The molecular weight excluding hydrogens is 350 g/mol. The minimum absolute atomic E-state index is 0.165. The van der Waals surface area contributed by atoms with Crippen LogP contribution >= 0.6 is 0 Å². The van der Waals surface area contributed by atoms with Gasteiger partial charge in [-0.05, 0) is 48.7 Å². The Morgan fingerprint density at radius 3 is 2.71 bits per heavy atom. The first-order valence-electron chi connectivity index (χ1n) is 9.05. The number of hydrazone groups is 1. The molecule has 28 heavy (non-hydrogen) atoms. The van der Waals surface area contributed by atoms with E-state index in [1.165, 1.54) is 0 Å². The Kier molecular flexibility index (Phi) is 4.42. The number of rotatable bonds is 4. The van der Waals surface area contributed by atoms with Crippen LogP contribution in [0.15, 0.2) is 53.6 Å². The van der Waals surface area contributed by atoms with E-state index in [0.717, 1.165) is 34.4 Å². The van der Waals surface area contributed by atoms with Gasteiger partial charge in [-0.3, -0.25) is 9.83 Å². The topological polar surface area (TPSA) is 85.7 Å². The van der Waals surface area contributed by atoms with Crippen molar-refractivity contribution in [3.05, 3.63) is 70.8 Å². The second kappa shape index (κ2) is 7.05. The Hall–Kier alpha value is -3.85. The molecule has 138 valence electrons. The molecule has 0 unspecified atom stereocenters. The van der Waals surface area contributed by atoms with Gasteiger partial charge >= 0.3 is 0 Å². The number of fused-ring (bicyclic) bond motifs is 3. The highest BCUT2D eigenvalue weighted by atomic mass is 16.3. The lowest BCUT2D eigenvalue weighted by Crippen LogP contribution is -2.07. The van der Waals surface area contributed by atoms with Gasteiger partial charge in [-0.15, -0.1) is 0 Å². The molecule has 6 nitrogen and oxygen atoms in total. The quantitative estimate of drug-likeness (QED) is 0.413. The molecule has 6 heteroatoms. The zero-order valence-electron chi connectivity index (χ0n) is 15.6. The number of benzene rings is 2. The van der Waals surface area contributed by atoms with E-state index in [2.05, 4.69) is 21.6 Å². The Bertz CT molecular complexity index is 1260. The first-order chi connectivity index (χ1) is 13.7. The van der Waals surface area contributed by atoms with E-state index >= 15 is 0 Å². The lowest BCUT2D eigenvalue weighted by Gasteiger charge is -2.15. The highest BCUT2D eigenvalue weighted by Crippen LogP contribution is 2.31. The second-order valence-corrected chi connectivity index (χ2v) is 6.48. The number of imidazole rings is 1. The number of phenolic OH excluding ortho intramolecular Hbond substituents is 1. The fraction of sp³-hybridized carbons (Fsp3) is 0.136. The van der Waals surface area contributed by atoms with Gasteiger partial charge in [0.1, 0.15) is 17.6 Å². The van der Waals surface area contributed by atoms with Crippen LogP contribution in [0.3, 0.4) is 0 Å². The van der Waals surface area contributed by atoms with Crippen LogP contribution in [0.1, 0.15) is 29.2 Å². The second-order valence-electron chi connectivity index (χ2n) is 6.48. The highest BCUT2D eigenvalue weighted by molar-refractivity contribution is 5.87. The molecule has 0 fully saturated rings. The number of hydrogen-bond acceptors (Lipinski definition) is 5. The number of aromatic hydroxyl groups is 1. The molecule has 0 radical (unpaired) electrons. The summed E-state index contributed by atoms with van der Waals surface area (Å²) in [6, 6.07) is 17.1. The number of anilines is 1. The monoisotopic (exact) mass is 369 g/mol. The van der Waals surface area contributed by atoms with E-state index in [4.69, 9.17) is 0 Å². The van der Waals surface area contributed by atoms with Crippen molar-refractivity contribution < 1.29 is 5.11 Å². The van der Waals surface area contributed by atoms with Gasteiger partial charge in [-0.1, -0.05) is 31.2 Å². The normalized spacial score (nSPS) is 11.3. The summed E-state index contributed by atoms with van der Waals surface area (Å²) in [7, 11) is 0. The molecule has 2 aromatic heterocycles. The number of para-hydroxylation sites is 3. The molecule has 0 aliphatic rings. The smallest absolute Gasteiger partial charge is 0.157 e. The van der Waals surface area contributed by atoms with E-state index in [1.54, 1.807) is 24.4 Å². The Morgan fingerprint density at radius 2 is 1.96 bits per heavy atom. The third-order valence-corrected chi connectivity index (χ3v) is 4.90. The number of hydrogen-bond donors (Lipinski definition) is 2. The van der Waals surface area contributed by atoms with Crippen LogP contribution in [0.4, 0.5) is 5.82 Å². The van der Waals surface area contributed by atoms with Crippen molar-refractivity contribution in [2.24, 2.45) is 5.10 Å². The molecule has 0 amide bonds. The summed E-state index contributed by atoms with van der Waals surface area (Å²) in [6.07, 6.45) is 2.31. The summed E-state index contributed by atoms with van der Waals surface area (Å²) in [5, 5.41) is 24.0. The molecule has 0 atom stereocenters. The molecule has 0 spiro atoms. The number of phenols is 1. The molecule has 0 bridgehead atoms. The fourth-order valence-electron chi connectivity index (χ4n) is 3.49. The molecule has 0 saturated carbocycles. The van der Waals surface area contributed by atoms with Gasteiger partial charge in [0.05, 0.1) is 22.8 Å². The van der Waals surface area contributed by atoms with E-state index in [0.29, 0.717) is 16.8 Å². The molecule has 2 N–H and O–H groups in total. The minimum Gasteiger partial charge on any atom is -0.507 e. The number of nitriles is 1.